The molecule has 0 saturated carbocycles. The zero-order valence-electron chi connectivity index (χ0n) is 12.8. The first kappa shape index (κ1) is 21.7. The molecule has 0 fully saturated rings. The van der Waals surface area contributed by atoms with Gasteiger partial charge >= 0.3 is 29.6 Å². The normalized spacial score (nSPS) is 11.9. The van der Waals surface area contributed by atoms with Gasteiger partial charge in [0.25, 0.3) is 0 Å². The quantitative estimate of drug-likeness (QED) is 0.375. The van der Waals surface area contributed by atoms with E-state index in [9.17, 15) is 15.0 Å². The minimum absolute atomic E-state index is 0. The molecule has 0 aromatic carbocycles. The second kappa shape index (κ2) is 16.5. The summed E-state index contributed by atoms with van der Waals surface area (Å²) in [5, 5.41) is 19.8. The van der Waals surface area contributed by atoms with Gasteiger partial charge in [0.1, 0.15) is 0 Å². The molecule has 0 heterocycles. The number of rotatable bonds is 13. The molecule has 0 aliphatic heterocycles. The standard InChI is InChI=1S/C15H30O3.Na/c1-2-3-4-5-6-7-8-9-11-14(16)12-10-13-15(17)18;/h14,16H,2-13H2,1H3,(H,17,18);/q;+1/p-1. The third-order valence-electron chi connectivity index (χ3n) is 3.31. The summed E-state index contributed by atoms with van der Waals surface area (Å²) in [7, 11) is 0. The van der Waals surface area contributed by atoms with E-state index in [1.807, 2.05) is 0 Å². The van der Waals surface area contributed by atoms with E-state index in [4.69, 9.17) is 0 Å². The van der Waals surface area contributed by atoms with Gasteiger partial charge < -0.3 is 15.0 Å². The Morgan fingerprint density at radius 2 is 1.42 bits per heavy atom. The molecular weight excluding hydrogens is 251 g/mol. The van der Waals surface area contributed by atoms with Crippen LogP contribution in [-0.2, 0) is 4.79 Å². The summed E-state index contributed by atoms with van der Waals surface area (Å²) in [6, 6.07) is 0. The Labute approximate surface area is 140 Å². The number of carbonyl (C=O) groups excluding carboxylic acids is 1. The molecule has 0 bridgehead atoms. The Morgan fingerprint density at radius 1 is 0.947 bits per heavy atom. The summed E-state index contributed by atoms with van der Waals surface area (Å²) < 4.78 is 0. The van der Waals surface area contributed by atoms with Gasteiger partial charge in [0.15, 0.2) is 0 Å². The fraction of sp³-hybridized carbons (Fsp3) is 0.933. The number of carbonyl (C=O) groups is 1. The maximum Gasteiger partial charge on any atom is 1.00 e. The number of aliphatic hydroxyl groups is 1. The minimum atomic E-state index is -1.02. The Hall–Kier alpha value is 0.430. The molecule has 0 amide bonds. The summed E-state index contributed by atoms with van der Waals surface area (Å²) >= 11 is 0. The molecule has 1 unspecified atom stereocenters. The van der Waals surface area contributed by atoms with Crippen molar-refractivity contribution >= 4 is 5.97 Å². The van der Waals surface area contributed by atoms with Crippen LogP contribution in [-0.4, -0.2) is 17.2 Å². The summed E-state index contributed by atoms with van der Waals surface area (Å²) in [5.74, 6) is -1.02. The summed E-state index contributed by atoms with van der Waals surface area (Å²) in [5.41, 5.74) is 0. The Balaban J connectivity index is 0. The zero-order chi connectivity index (χ0) is 13.6. The van der Waals surface area contributed by atoms with Gasteiger partial charge in [0.05, 0.1) is 6.10 Å². The number of aliphatic carboxylic acids is 1. The predicted octanol–water partition coefficient (Wildman–Crippen LogP) is -0.198. The third-order valence-corrected chi connectivity index (χ3v) is 3.31. The maximum atomic E-state index is 10.2. The van der Waals surface area contributed by atoms with E-state index in [1.54, 1.807) is 0 Å². The molecule has 1 atom stereocenters. The summed E-state index contributed by atoms with van der Waals surface area (Å²) in [6.45, 7) is 2.22. The Morgan fingerprint density at radius 3 is 1.95 bits per heavy atom. The first-order chi connectivity index (χ1) is 8.66. The van der Waals surface area contributed by atoms with E-state index in [0.717, 1.165) is 12.8 Å². The van der Waals surface area contributed by atoms with E-state index < -0.39 is 5.97 Å². The van der Waals surface area contributed by atoms with Gasteiger partial charge in [-0.05, 0) is 25.7 Å². The molecule has 0 aromatic rings. The number of hydrogen-bond donors (Lipinski definition) is 1. The monoisotopic (exact) mass is 280 g/mol. The molecule has 0 saturated heterocycles. The van der Waals surface area contributed by atoms with Crippen LogP contribution in [0.5, 0.6) is 0 Å². The molecule has 4 heteroatoms. The second-order valence-corrected chi connectivity index (χ2v) is 5.18. The van der Waals surface area contributed by atoms with Crippen molar-refractivity contribution in [2.45, 2.75) is 90.1 Å². The van der Waals surface area contributed by atoms with Crippen LogP contribution >= 0.6 is 0 Å². The number of carboxylic acid groups (broad SMARTS) is 1. The first-order valence-electron chi connectivity index (χ1n) is 7.54. The Bertz CT molecular complexity index is 198. The third kappa shape index (κ3) is 18.4. The first-order valence-corrected chi connectivity index (χ1v) is 7.54. The summed E-state index contributed by atoms with van der Waals surface area (Å²) in [4.78, 5) is 10.2. The van der Waals surface area contributed by atoms with Crippen LogP contribution in [0.1, 0.15) is 84.0 Å². The van der Waals surface area contributed by atoms with Crippen molar-refractivity contribution in [3.8, 4) is 0 Å². The van der Waals surface area contributed by atoms with Gasteiger partial charge in [0, 0.05) is 5.97 Å². The van der Waals surface area contributed by atoms with Gasteiger partial charge in [-0.1, -0.05) is 58.3 Å². The fourth-order valence-electron chi connectivity index (χ4n) is 2.14. The van der Waals surface area contributed by atoms with Crippen molar-refractivity contribution in [1.82, 2.24) is 0 Å². The van der Waals surface area contributed by atoms with Crippen LogP contribution in [0.25, 0.3) is 0 Å². The van der Waals surface area contributed by atoms with Crippen LogP contribution in [0.3, 0.4) is 0 Å². The van der Waals surface area contributed by atoms with Crippen LogP contribution < -0.4 is 34.7 Å². The van der Waals surface area contributed by atoms with Gasteiger partial charge in [0.2, 0.25) is 0 Å². The number of hydrogen-bond acceptors (Lipinski definition) is 3. The zero-order valence-corrected chi connectivity index (χ0v) is 14.8. The Kier molecular flexibility index (Phi) is 18.8. The molecule has 19 heavy (non-hydrogen) atoms. The largest absolute Gasteiger partial charge is 1.00 e. The van der Waals surface area contributed by atoms with E-state index in [1.165, 1.54) is 44.9 Å². The second-order valence-electron chi connectivity index (χ2n) is 5.18. The van der Waals surface area contributed by atoms with E-state index in [-0.39, 0.29) is 42.1 Å². The topological polar surface area (TPSA) is 60.4 Å². The molecule has 1 N–H and O–H groups in total. The van der Waals surface area contributed by atoms with E-state index in [0.29, 0.717) is 12.8 Å². The molecule has 0 spiro atoms. The fourth-order valence-corrected chi connectivity index (χ4v) is 2.14. The van der Waals surface area contributed by atoms with Crippen LogP contribution in [0.2, 0.25) is 0 Å². The van der Waals surface area contributed by atoms with Crippen molar-refractivity contribution in [3.05, 3.63) is 0 Å². The van der Waals surface area contributed by atoms with Gasteiger partial charge in [-0.3, -0.25) is 0 Å². The molecule has 3 nitrogen and oxygen atoms in total. The number of carboxylic acids is 1. The molecule has 0 aliphatic carbocycles. The number of aliphatic hydroxyl groups excluding tert-OH is 1. The van der Waals surface area contributed by atoms with Crippen molar-refractivity contribution < 1.29 is 44.6 Å². The molecule has 0 aliphatic rings. The smallest absolute Gasteiger partial charge is 0.550 e. The van der Waals surface area contributed by atoms with E-state index in [2.05, 4.69) is 6.92 Å². The average Bonchev–Trinajstić information content (AvgIpc) is 2.32. The van der Waals surface area contributed by atoms with Crippen molar-refractivity contribution in [3.63, 3.8) is 0 Å². The average molecular weight is 280 g/mol. The molecule has 108 valence electrons. The van der Waals surface area contributed by atoms with Crippen molar-refractivity contribution in [2.24, 2.45) is 0 Å². The minimum Gasteiger partial charge on any atom is -0.550 e. The van der Waals surface area contributed by atoms with Crippen LogP contribution in [0.4, 0.5) is 0 Å². The number of unbranched alkanes of at least 4 members (excludes halogenated alkanes) is 7. The molecule has 0 aromatic heterocycles. The molecular formula is C15H29NaO3. The molecule has 0 radical (unpaired) electrons. The van der Waals surface area contributed by atoms with E-state index >= 15 is 0 Å². The van der Waals surface area contributed by atoms with Gasteiger partial charge in [-0.2, -0.15) is 0 Å². The SMILES string of the molecule is CCCCCCCCCCC(O)CCCC(=O)[O-].[Na+]. The van der Waals surface area contributed by atoms with Crippen molar-refractivity contribution in [2.75, 3.05) is 0 Å². The predicted molar refractivity (Wildman–Crippen MR) is 72.1 cm³/mol. The summed E-state index contributed by atoms with van der Waals surface area (Å²) in [6.07, 6.45) is 11.8. The maximum absolute atomic E-state index is 10.2. The van der Waals surface area contributed by atoms with Crippen LogP contribution in [0.15, 0.2) is 0 Å². The van der Waals surface area contributed by atoms with Crippen LogP contribution in [0, 0.1) is 0 Å². The molecule has 0 rings (SSSR count). The van der Waals surface area contributed by atoms with Crippen molar-refractivity contribution in [1.29, 1.82) is 0 Å². The van der Waals surface area contributed by atoms with Gasteiger partial charge in [-0.25, -0.2) is 0 Å². The van der Waals surface area contributed by atoms with Gasteiger partial charge in [-0.15, -0.1) is 0 Å².